The minimum Gasteiger partial charge on any atom is -0.388 e. The van der Waals surface area contributed by atoms with Crippen LogP contribution in [-0.4, -0.2) is 59.6 Å². The maximum Gasteiger partial charge on any atom is 0.114 e. The molecule has 3 N–H and O–H groups in total. The Morgan fingerprint density at radius 2 is 1.41 bits per heavy atom. The van der Waals surface area contributed by atoms with Gasteiger partial charge in [0.15, 0.2) is 0 Å². The molecular formula is C24H46O5. The van der Waals surface area contributed by atoms with E-state index in [9.17, 15) is 15.3 Å². The average molecular weight is 415 g/mol. The highest BCUT2D eigenvalue weighted by atomic mass is 16.5. The molecule has 1 heterocycles. The zero-order valence-corrected chi connectivity index (χ0v) is 18.6. The van der Waals surface area contributed by atoms with Crippen LogP contribution in [0.25, 0.3) is 0 Å². The van der Waals surface area contributed by atoms with Crippen molar-refractivity contribution in [1.29, 1.82) is 0 Å². The minimum absolute atomic E-state index is 0.0575. The number of unbranched alkanes of at least 4 members (excludes halogenated alkanes) is 13. The molecule has 0 saturated carbocycles. The summed E-state index contributed by atoms with van der Waals surface area (Å²) in [7, 11) is 0. The molecular weight excluding hydrogens is 368 g/mol. The predicted octanol–water partition coefficient (Wildman–Crippen LogP) is 4.52. The fourth-order valence-electron chi connectivity index (χ4n) is 3.78. The van der Waals surface area contributed by atoms with Gasteiger partial charge in [0.25, 0.3) is 0 Å². The summed E-state index contributed by atoms with van der Waals surface area (Å²) in [4.78, 5) is 0. The van der Waals surface area contributed by atoms with E-state index in [1.165, 1.54) is 83.5 Å². The van der Waals surface area contributed by atoms with Crippen LogP contribution >= 0.6 is 0 Å². The van der Waals surface area contributed by atoms with Crippen molar-refractivity contribution in [3.8, 4) is 0 Å². The minimum atomic E-state index is -1.04. The number of ether oxygens (including phenoxy) is 2. The molecule has 1 saturated heterocycles. The van der Waals surface area contributed by atoms with Crippen LogP contribution in [-0.2, 0) is 9.47 Å². The highest BCUT2D eigenvalue weighted by molar-refractivity contribution is 4.88. The molecule has 0 spiro atoms. The van der Waals surface area contributed by atoms with Crippen LogP contribution in [0.1, 0.15) is 96.8 Å². The molecule has 1 fully saturated rings. The van der Waals surface area contributed by atoms with Gasteiger partial charge in [0, 0.05) is 0 Å². The number of allylic oxidation sites excluding steroid dienone is 1. The molecule has 0 aromatic carbocycles. The molecule has 0 aliphatic carbocycles. The second kappa shape index (κ2) is 18.3. The van der Waals surface area contributed by atoms with Gasteiger partial charge in [-0.05, 0) is 12.8 Å². The fourth-order valence-corrected chi connectivity index (χ4v) is 3.78. The van der Waals surface area contributed by atoms with E-state index in [0.717, 1.165) is 6.42 Å². The van der Waals surface area contributed by atoms with Crippen molar-refractivity contribution in [3.05, 3.63) is 12.2 Å². The molecule has 0 bridgehead atoms. The van der Waals surface area contributed by atoms with E-state index in [1.807, 2.05) is 6.08 Å². The summed E-state index contributed by atoms with van der Waals surface area (Å²) in [5.41, 5.74) is 0. The van der Waals surface area contributed by atoms with Crippen molar-refractivity contribution in [2.45, 2.75) is 121 Å². The Kier molecular flexibility index (Phi) is 16.8. The zero-order chi connectivity index (χ0) is 21.2. The van der Waals surface area contributed by atoms with Gasteiger partial charge in [0.05, 0.1) is 19.8 Å². The van der Waals surface area contributed by atoms with Crippen LogP contribution < -0.4 is 0 Å². The van der Waals surface area contributed by atoms with E-state index in [4.69, 9.17) is 9.47 Å². The Bertz CT molecular complexity index is 387. The molecule has 0 radical (unpaired) electrons. The van der Waals surface area contributed by atoms with E-state index >= 15 is 0 Å². The molecule has 5 heteroatoms. The molecule has 172 valence electrons. The summed E-state index contributed by atoms with van der Waals surface area (Å²) < 4.78 is 10.6. The lowest BCUT2D eigenvalue weighted by molar-refractivity contribution is -0.0782. The lowest BCUT2D eigenvalue weighted by Crippen LogP contribution is -2.40. The first-order valence-electron chi connectivity index (χ1n) is 12.0. The largest absolute Gasteiger partial charge is 0.388 e. The van der Waals surface area contributed by atoms with E-state index < -0.39 is 24.4 Å². The standard InChI is InChI=1S/C24H46O5/c1-2-3-4-5-6-7-8-9-10-11-12-13-14-15-16-17-18-28-19-22(26)24-23(27)21(25)20-29-24/h16-17,21-27H,2-15,18-20H2,1H3/b17-16+/t21-,22+,23+,24+/m0/s1. The number of rotatable bonds is 19. The summed E-state index contributed by atoms with van der Waals surface area (Å²) in [6, 6.07) is 0. The van der Waals surface area contributed by atoms with E-state index in [2.05, 4.69) is 13.0 Å². The van der Waals surface area contributed by atoms with Gasteiger partial charge >= 0.3 is 0 Å². The topological polar surface area (TPSA) is 79.2 Å². The van der Waals surface area contributed by atoms with Crippen molar-refractivity contribution >= 4 is 0 Å². The Morgan fingerprint density at radius 1 is 0.862 bits per heavy atom. The van der Waals surface area contributed by atoms with Gasteiger partial charge in [0.1, 0.15) is 24.4 Å². The summed E-state index contributed by atoms with van der Waals surface area (Å²) in [5.74, 6) is 0. The molecule has 0 amide bonds. The van der Waals surface area contributed by atoms with Gasteiger partial charge in [-0.2, -0.15) is 0 Å². The van der Waals surface area contributed by atoms with Crippen molar-refractivity contribution in [2.75, 3.05) is 19.8 Å². The zero-order valence-electron chi connectivity index (χ0n) is 18.6. The van der Waals surface area contributed by atoms with E-state index in [0.29, 0.717) is 6.61 Å². The molecule has 1 aliphatic rings. The van der Waals surface area contributed by atoms with Crippen LogP contribution in [0.3, 0.4) is 0 Å². The number of aliphatic hydroxyl groups excluding tert-OH is 3. The van der Waals surface area contributed by atoms with E-state index in [1.54, 1.807) is 0 Å². The summed E-state index contributed by atoms with van der Waals surface area (Å²) >= 11 is 0. The molecule has 4 atom stereocenters. The number of aliphatic hydroxyl groups is 3. The van der Waals surface area contributed by atoms with Gasteiger partial charge in [-0.15, -0.1) is 0 Å². The van der Waals surface area contributed by atoms with Crippen molar-refractivity contribution in [1.82, 2.24) is 0 Å². The van der Waals surface area contributed by atoms with Gasteiger partial charge in [-0.25, -0.2) is 0 Å². The fraction of sp³-hybridized carbons (Fsp3) is 0.917. The first-order chi connectivity index (χ1) is 14.2. The SMILES string of the molecule is CCCCCCCCCCCCCCC/C=C/COC[C@@H](O)[C@H]1OC[C@H](O)[C@H]1O. The highest BCUT2D eigenvalue weighted by Crippen LogP contribution is 2.18. The van der Waals surface area contributed by atoms with E-state index in [-0.39, 0.29) is 13.2 Å². The quantitative estimate of drug-likeness (QED) is 0.214. The van der Waals surface area contributed by atoms with Crippen LogP contribution in [0, 0.1) is 0 Å². The van der Waals surface area contributed by atoms with Crippen LogP contribution in [0.4, 0.5) is 0 Å². The maximum atomic E-state index is 9.93. The summed E-state index contributed by atoms with van der Waals surface area (Å²) in [6.07, 6.45) is 19.4. The maximum absolute atomic E-state index is 9.93. The lowest BCUT2D eigenvalue weighted by Gasteiger charge is -2.20. The Morgan fingerprint density at radius 3 is 1.93 bits per heavy atom. The second-order valence-corrected chi connectivity index (χ2v) is 8.46. The van der Waals surface area contributed by atoms with Gasteiger partial charge in [0.2, 0.25) is 0 Å². The average Bonchev–Trinajstić information content (AvgIpc) is 3.05. The van der Waals surface area contributed by atoms with Crippen molar-refractivity contribution in [2.24, 2.45) is 0 Å². The normalized spacial score (nSPS) is 23.2. The summed E-state index contributed by atoms with van der Waals surface area (Å²) in [5, 5.41) is 29.0. The third-order valence-corrected chi connectivity index (χ3v) is 5.71. The second-order valence-electron chi connectivity index (χ2n) is 8.46. The van der Waals surface area contributed by atoms with Gasteiger partial charge in [-0.1, -0.05) is 96.1 Å². The third-order valence-electron chi connectivity index (χ3n) is 5.71. The Hall–Kier alpha value is -0.460. The van der Waals surface area contributed by atoms with Gasteiger partial charge < -0.3 is 24.8 Å². The third kappa shape index (κ3) is 13.5. The molecule has 29 heavy (non-hydrogen) atoms. The summed E-state index contributed by atoms with van der Waals surface area (Å²) in [6.45, 7) is 2.87. The Balaban J connectivity index is 1.80. The smallest absolute Gasteiger partial charge is 0.114 e. The first kappa shape index (κ1) is 26.6. The first-order valence-corrected chi connectivity index (χ1v) is 12.0. The predicted molar refractivity (Wildman–Crippen MR) is 118 cm³/mol. The van der Waals surface area contributed by atoms with Crippen LogP contribution in [0.2, 0.25) is 0 Å². The number of hydrogen-bond acceptors (Lipinski definition) is 5. The molecule has 0 aromatic heterocycles. The van der Waals surface area contributed by atoms with Crippen LogP contribution in [0.15, 0.2) is 12.2 Å². The molecule has 0 unspecified atom stereocenters. The molecule has 0 aromatic rings. The Labute approximate surface area is 178 Å². The van der Waals surface area contributed by atoms with Crippen molar-refractivity contribution in [3.63, 3.8) is 0 Å². The molecule has 1 aliphatic heterocycles. The van der Waals surface area contributed by atoms with Crippen molar-refractivity contribution < 1.29 is 24.8 Å². The molecule has 5 nitrogen and oxygen atoms in total. The van der Waals surface area contributed by atoms with Crippen LogP contribution in [0.5, 0.6) is 0 Å². The monoisotopic (exact) mass is 414 g/mol. The lowest BCUT2D eigenvalue weighted by atomic mass is 10.0. The highest BCUT2D eigenvalue weighted by Gasteiger charge is 2.39. The number of hydrogen-bond donors (Lipinski definition) is 3. The molecule has 1 rings (SSSR count). The van der Waals surface area contributed by atoms with Gasteiger partial charge in [-0.3, -0.25) is 0 Å².